The molecule has 0 saturated carbocycles. The first-order valence-corrected chi connectivity index (χ1v) is 9.14. The van der Waals surface area contributed by atoms with Crippen molar-refractivity contribution in [2.45, 2.75) is 19.8 Å². The van der Waals surface area contributed by atoms with Crippen LogP contribution in [0.3, 0.4) is 0 Å². The molecule has 8 heteroatoms. The van der Waals surface area contributed by atoms with Crippen molar-refractivity contribution in [2.75, 3.05) is 36.5 Å². The van der Waals surface area contributed by atoms with Crippen molar-refractivity contribution in [1.29, 1.82) is 0 Å². The second-order valence-corrected chi connectivity index (χ2v) is 6.42. The van der Waals surface area contributed by atoms with E-state index in [-0.39, 0.29) is 6.03 Å². The highest BCUT2D eigenvalue weighted by molar-refractivity contribution is 5.89. The number of aromatic nitrogens is 2. The van der Waals surface area contributed by atoms with Gasteiger partial charge in [-0.15, -0.1) is 0 Å². The first kappa shape index (κ1) is 18.9. The van der Waals surface area contributed by atoms with E-state index in [0.29, 0.717) is 25.0 Å². The lowest BCUT2D eigenvalue weighted by Crippen LogP contribution is -2.40. The van der Waals surface area contributed by atoms with Crippen molar-refractivity contribution in [3.05, 3.63) is 42.5 Å². The number of urea groups is 1. The molecular weight excluding hydrogens is 349 g/mol. The average Bonchev–Trinajstić information content (AvgIpc) is 2.69. The van der Waals surface area contributed by atoms with Gasteiger partial charge in [0.05, 0.1) is 19.0 Å². The van der Waals surface area contributed by atoms with Crippen LogP contribution in [0.5, 0.6) is 5.75 Å². The van der Waals surface area contributed by atoms with Crippen molar-refractivity contribution in [3.63, 3.8) is 0 Å². The van der Waals surface area contributed by atoms with E-state index in [1.807, 2.05) is 36.1 Å². The molecule has 1 aliphatic rings. The monoisotopic (exact) mass is 373 g/mol. The number of hydrogen-bond acceptors (Lipinski definition) is 5. The van der Waals surface area contributed by atoms with Crippen molar-refractivity contribution in [3.8, 4) is 5.75 Å². The summed E-state index contributed by atoms with van der Waals surface area (Å²) in [5.74, 6) is 1.29. The highest BCUT2D eigenvalue weighted by Crippen LogP contribution is 2.20. The summed E-state index contributed by atoms with van der Waals surface area (Å²) < 4.78 is 18.3. The maximum absolute atomic E-state index is 12.9. The van der Waals surface area contributed by atoms with Gasteiger partial charge in [-0.3, -0.25) is 0 Å². The average molecular weight is 373 g/mol. The molecule has 144 valence electrons. The Labute approximate surface area is 158 Å². The number of ether oxygens (including phenoxy) is 1. The summed E-state index contributed by atoms with van der Waals surface area (Å²) in [5, 5.41) is 5.74. The van der Waals surface area contributed by atoms with Gasteiger partial charge in [0.25, 0.3) is 0 Å². The van der Waals surface area contributed by atoms with Gasteiger partial charge in [0, 0.05) is 25.3 Å². The molecule has 7 nitrogen and oxygen atoms in total. The Morgan fingerprint density at radius 3 is 2.52 bits per heavy atom. The fraction of sp³-hybridized carbons (Fsp3) is 0.421. The number of anilines is 2. The fourth-order valence-electron chi connectivity index (χ4n) is 3.02. The number of carbonyl (C=O) groups excluding carboxylic acids is 1. The van der Waals surface area contributed by atoms with Crippen molar-refractivity contribution >= 4 is 17.7 Å². The van der Waals surface area contributed by atoms with E-state index >= 15 is 0 Å². The van der Waals surface area contributed by atoms with Crippen LogP contribution in [0.25, 0.3) is 0 Å². The maximum atomic E-state index is 12.9. The summed E-state index contributed by atoms with van der Waals surface area (Å²) in [5.41, 5.74) is 0.722. The zero-order valence-electron chi connectivity index (χ0n) is 15.3. The lowest BCUT2D eigenvalue weighted by atomic mass is 9.97. The Morgan fingerprint density at radius 2 is 1.89 bits per heavy atom. The minimum absolute atomic E-state index is 0.219. The number of carbonyl (C=O) groups is 1. The third-order valence-corrected chi connectivity index (χ3v) is 4.48. The number of halogens is 1. The Hall–Kier alpha value is -2.90. The Morgan fingerprint density at radius 1 is 1.22 bits per heavy atom. The van der Waals surface area contributed by atoms with Gasteiger partial charge < -0.3 is 20.3 Å². The van der Waals surface area contributed by atoms with Crippen LogP contribution >= 0.6 is 0 Å². The molecule has 0 radical (unpaired) electrons. The summed E-state index contributed by atoms with van der Waals surface area (Å²) in [6.45, 7) is 4.73. The smallest absolute Gasteiger partial charge is 0.319 e. The number of amides is 2. The lowest BCUT2D eigenvalue weighted by Gasteiger charge is -2.31. The molecule has 0 aliphatic carbocycles. The molecule has 1 aromatic heterocycles. The molecule has 2 heterocycles. The van der Waals surface area contributed by atoms with Crippen molar-refractivity contribution in [1.82, 2.24) is 15.3 Å². The number of rotatable bonds is 6. The first-order valence-electron chi connectivity index (χ1n) is 9.14. The molecule has 0 unspecified atom stereocenters. The largest absolute Gasteiger partial charge is 0.494 e. The van der Waals surface area contributed by atoms with Crippen LogP contribution in [0.1, 0.15) is 19.8 Å². The van der Waals surface area contributed by atoms with Gasteiger partial charge in [0.15, 0.2) is 5.82 Å². The van der Waals surface area contributed by atoms with E-state index < -0.39 is 5.82 Å². The number of nitrogens with one attached hydrogen (secondary N) is 2. The summed E-state index contributed by atoms with van der Waals surface area (Å²) in [6.07, 6.45) is 4.20. The van der Waals surface area contributed by atoms with Gasteiger partial charge >= 0.3 is 6.03 Å². The van der Waals surface area contributed by atoms with E-state index in [2.05, 4.69) is 20.6 Å². The molecule has 2 aromatic rings. The normalized spacial score (nSPS) is 14.7. The van der Waals surface area contributed by atoms with Crippen LogP contribution in [0.2, 0.25) is 0 Å². The molecular formula is C19H24FN5O2. The van der Waals surface area contributed by atoms with Gasteiger partial charge in [-0.25, -0.2) is 19.2 Å². The number of hydrogen-bond donors (Lipinski definition) is 2. The topological polar surface area (TPSA) is 79.4 Å². The molecule has 2 N–H and O–H groups in total. The summed E-state index contributed by atoms with van der Waals surface area (Å²) in [6, 6.07) is 7.06. The Bertz CT molecular complexity index is 731. The van der Waals surface area contributed by atoms with Crippen LogP contribution in [-0.2, 0) is 0 Å². The summed E-state index contributed by atoms with van der Waals surface area (Å²) >= 11 is 0. The highest BCUT2D eigenvalue weighted by atomic mass is 19.1. The standard InChI is InChI=1S/C19H24FN5O2/c1-2-27-17-5-3-16(4-6-17)24-19(26)23-11-14-7-9-25(10-8-14)18-21-12-15(20)13-22-18/h3-6,12-14H,2,7-11H2,1H3,(H2,23,24,26). The predicted molar refractivity (Wildman–Crippen MR) is 102 cm³/mol. The molecule has 3 rings (SSSR count). The lowest BCUT2D eigenvalue weighted by molar-refractivity contribution is 0.248. The van der Waals surface area contributed by atoms with Crippen LogP contribution in [0.15, 0.2) is 36.7 Å². The van der Waals surface area contributed by atoms with Gasteiger partial charge in [0.2, 0.25) is 5.95 Å². The Kier molecular flexibility index (Phi) is 6.40. The Balaban J connectivity index is 1.39. The molecule has 2 amide bonds. The number of piperidine rings is 1. The zero-order chi connectivity index (χ0) is 19.1. The highest BCUT2D eigenvalue weighted by Gasteiger charge is 2.21. The van der Waals surface area contributed by atoms with Gasteiger partial charge in [0.1, 0.15) is 5.75 Å². The van der Waals surface area contributed by atoms with E-state index in [1.165, 1.54) is 12.4 Å². The van der Waals surface area contributed by atoms with Gasteiger partial charge in [-0.2, -0.15) is 0 Å². The van der Waals surface area contributed by atoms with Gasteiger partial charge in [-0.1, -0.05) is 0 Å². The van der Waals surface area contributed by atoms with E-state index in [1.54, 1.807) is 0 Å². The van der Waals surface area contributed by atoms with Gasteiger partial charge in [-0.05, 0) is 49.9 Å². The molecule has 1 aliphatic heterocycles. The molecule has 1 aromatic carbocycles. The predicted octanol–water partition coefficient (Wildman–Crippen LogP) is 3.05. The maximum Gasteiger partial charge on any atom is 0.319 e. The fourth-order valence-corrected chi connectivity index (χ4v) is 3.02. The van der Waals surface area contributed by atoms with Crippen LogP contribution in [-0.4, -0.2) is 42.2 Å². The SMILES string of the molecule is CCOc1ccc(NC(=O)NCC2CCN(c3ncc(F)cn3)CC2)cc1. The molecule has 1 fully saturated rings. The minimum Gasteiger partial charge on any atom is -0.494 e. The quantitative estimate of drug-likeness (QED) is 0.814. The van der Waals surface area contributed by atoms with Crippen LogP contribution in [0.4, 0.5) is 20.8 Å². The van der Waals surface area contributed by atoms with Crippen LogP contribution in [0, 0.1) is 11.7 Å². The van der Waals surface area contributed by atoms with Crippen molar-refractivity contribution in [2.24, 2.45) is 5.92 Å². The molecule has 0 atom stereocenters. The summed E-state index contributed by atoms with van der Waals surface area (Å²) in [7, 11) is 0. The van der Waals surface area contributed by atoms with E-state index in [0.717, 1.165) is 37.4 Å². The second kappa shape index (κ2) is 9.16. The van der Waals surface area contributed by atoms with E-state index in [4.69, 9.17) is 4.74 Å². The third kappa shape index (κ3) is 5.54. The second-order valence-electron chi connectivity index (χ2n) is 6.42. The molecule has 27 heavy (non-hydrogen) atoms. The molecule has 0 bridgehead atoms. The number of nitrogens with zero attached hydrogens (tertiary/aromatic N) is 3. The number of benzene rings is 1. The molecule has 0 spiro atoms. The van der Waals surface area contributed by atoms with Crippen molar-refractivity contribution < 1.29 is 13.9 Å². The first-order chi connectivity index (χ1) is 13.1. The summed E-state index contributed by atoms with van der Waals surface area (Å²) in [4.78, 5) is 22.1. The zero-order valence-corrected chi connectivity index (χ0v) is 15.3. The van der Waals surface area contributed by atoms with E-state index in [9.17, 15) is 9.18 Å². The third-order valence-electron chi connectivity index (χ3n) is 4.48. The molecule has 1 saturated heterocycles. The van der Waals surface area contributed by atoms with Crippen LogP contribution < -0.4 is 20.3 Å². The minimum atomic E-state index is -0.434.